The molecule has 0 radical (unpaired) electrons. The summed E-state index contributed by atoms with van der Waals surface area (Å²) in [5.74, 6) is 0.919. The smallest absolute Gasteiger partial charge is 0.251 e. The molecule has 0 spiro atoms. The summed E-state index contributed by atoms with van der Waals surface area (Å²) in [6.07, 6.45) is 7.51. The molecular formula is C21H31N3O2. The lowest BCUT2D eigenvalue weighted by Gasteiger charge is -2.44. The molecule has 1 saturated heterocycles. The summed E-state index contributed by atoms with van der Waals surface area (Å²) in [5.41, 5.74) is 1.77. The summed E-state index contributed by atoms with van der Waals surface area (Å²) in [5, 5.41) is 2.63. The van der Waals surface area contributed by atoms with Gasteiger partial charge in [0.25, 0.3) is 5.91 Å². The molecule has 5 nitrogen and oxygen atoms in total. The van der Waals surface area contributed by atoms with Crippen molar-refractivity contribution in [1.29, 1.82) is 0 Å². The minimum atomic E-state index is -0.0767. The zero-order valence-corrected chi connectivity index (χ0v) is 16.0. The van der Waals surface area contributed by atoms with Crippen LogP contribution in [-0.4, -0.2) is 54.8 Å². The van der Waals surface area contributed by atoms with Crippen LogP contribution in [0.3, 0.4) is 0 Å². The second kappa shape index (κ2) is 8.67. The van der Waals surface area contributed by atoms with Crippen molar-refractivity contribution < 1.29 is 9.59 Å². The van der Waals surface area contributed by atoms with Gasteiger partial charge in [0.05, 0.1) is 6.54 Å². The van der Waals surface area contributed by atoms with Crippen LogP contribution in [0.4, 0.5) is 0 Å². The van der Waals surface area contributed by atoms with Gasteiger partial charge in [-0.25, -0.2) is 0 Å². The standard InChI is InChI=1S/C21H31N3O2/c1-22-21(26)18-11-9-16(10-12-18)14-23(2)15-20(25)24-13-5-7-17-6-3-4-8-19(17)24/h9-12,17,19H,3-8,13-15H2,1-2H3,(H,22,26). The fourth-order valence-corrected chi connectivity index (χ4v) is 4.53. The fraction of sp³-hybridized carbons (Fsp3) is 0.619. The molecule has 2 amide bonds. The maximum absolute atomic E-state index is 12.9. The van der Waals surface area contributed by atoms with Crippen LogP contribution in [0.15, 0.2) is 24.3 Å². The van der Waals surface area contributed by atoms with Crippen molar-refractivity contribution in [2.45, 2.75) is 51.1 Å². The first-order chi connectivity index (χ1) is 12.6. The summed E-state index contributed by atoms with van der Waals surface area (Å²) >= 11 is 0. The highest BCUT2D eigenvalue weighted by Crippen LogP contribution is 2.35. The average Bonchev–Trinajstić information content (AvgIpc) is 2.67. The fourth-order valence-electron chi connectivity index (χ4n) is 4.53. The van der Waals surface area contributed by atoms with E-state index in [-0.39, 0.29) is 11.8 Å². The Morgan fingerprint density at radius 2 is 1.81 bits per heavy atom. The van der Waals surface area contributed by atoms with Crippen LogP contribution in [0.2, 0.25) is 0 Å². The third kappa shape index (κ3) is 4.44. The van der Waals surface area contributed by atoms with Crippen molar-refractivity contribution in [3.63, 3.8) is 0 Å². The van der Waals surface area contributed by atoms with E-state index in [0.29, 0.717) is 24.7 Å². The van der Waals surface area contributed by atoms with Crippen LogP contribution in [0, 0.1) is 5.92 Å². The molecule has 26 heavy (non-hydrogen) atoms. The van der Waals surface area contributed by atoms with Gasteiger partial charge in [-0.3, -0.25) is 14.5 Å². The monoisotopic (exact) mass is 357 g/mol. The quantitative estimate of drug-likeness (QED) is 0.881. The molecule has 1 aliphatic carbocycles. The number of likely N-dealkylation sites (N-methyl/N-ethyl adjacent to an activating group) is 1. The van der Waals surface area contributed by atoms with Gasteiger partial charge in [-0.15, -0.1) is 0 Å². The number of benzene rings is 1. The lowest BCUT2D eigenvalue weighted by atomic mass is 9.78. The van der Waals surface area contributed by atoms with E-state index >= 15 is 0 Å². The number of rotatable bonds is 5. The number of piperidine rings is 1. The van der Waals surface area contributed by atoms with Gasteiger partial charge in [-0.05, 0) is 56.3 Å². The van der Waals surface area contributed by atoms with Gasteiger partial charge in [-0.2, -0.15) is 0 Å². The van der Waals surface area contributed by atoms with Gasteiger partial charge in [0.15, 0.2) is 0 Å². The molecule has 0 aromatic heterocycles. The first kappa shape index (κ1) is 18.9. The van der Waals surface area contributed by atoms with E-state index in [4.69, 9.17) is 0 Å². The van der Waals surface area contributed by atoms with E-state index in [1.165, 1.54) is 32.1 Å². The van der Waals surface area contributed by atoms with Gasteiger partial charge >= 0.3 is 0 Å². The minimum Gasteiger partial charge on any atom is -0.355 e. The topological polar surface area (TPSA) is 52.7 Å². The van der Waals surface area contributed by atoms with Crippen molar-refractivity contribution >= 4 is 11.8 Å². The first-order valence-corrected chi connectivity index (χ1v) is 9.87. The minimum absolute atomic E-state index is 0.0767. The van der Waals surface area contributed by atoms with E-state index in [0.717, 1.165) is 24.4 Å². The number of hydrogen-bond donors (Lipinski definition) is 1. The van der Waals surface area contributed by atoms with Crippen LogP contribution in [-0.2, 0) is 11.3 Å². The van der Waals surface area contributed by atoms with Gasteiger partial charge in [0.2, 0.25) is 5.91 Å². The number of nitrogens with one attached hydrogen (secondary N) is 1. The molecule has 1 heterocycles. The molecule has 3 rings (SSSR count). The van der Waals surface area contributed by atoms with Crippen molar-refractivity contribution in [3.05, 3.63) is 35.4 Å². The van der Waals surface area contributed by atoms with Gasteiger partial charge in [0, 0.05) is 31.7 Å². The molecule has 2 fully saturated rings. The second-order valence-corrected chi connectivity index (χ2v) is 7.79. The zero-order chi connectivity index (χ0) is 18.5. The molecule has 2 unspecified atom stereocenters. The maximum atomic E-state index is 12.9. The van der Waals surface area contributed by atoms with Crippen LogP contribution in [0.5, 0.6) is 0 Å². The summed E-state index contributed by atoms with van der Waals surface area (Å²) in [7, 11) is 3.62. The summed E-state index contributed by atoms with van der Waals surface area (Å²) in [6.45, 7) is 2.09. The number of carbonyl (C=O) groups is 2. The Morgan fingerprint density at radius 1 is 1.12 bits per heavy atom. The van der Waals surface area contributed by atoms with Crippen molar-refractivity contribution in [1.82, 2.24) is 15.1 Å². The van der Waals surface area contributed by atoms with E-state index < -0.39 is 0 Å². The Hall–Kier alpha value is -1.88. The van der Waals surface area contributed by atoms with Crippen molar-refractivity contribution in [2.24, 2.45) is 5.92 Å². The molecule has 5 heteroatoms. The summed E-state index contributed by atoms with van der Waals surface area (Å²) < 4.78 is 0. The van der Waals surface area contributed by atoms with Gasteiger partial charge in [-0.1, -0.05) is 25.0 Å². The Morgan fingerprint density at radius 3 is 2.54 bits per heavy atom. The largest absolute Gasteiger partial charge is 0.355 e. The average molecular weight is 357 g/mol. The predicted octanol–water partition coefficient (Wildman–Crippen LogP) is 2.66. The molecule has 1 aliphatic heterocycles. The van der Waals surface area contributed by atoms with Crippen LogP contribution in [0.25, 0.3) is 0 Å². The number of hydrogen-bond acceptors (Lipinski definition) is 3. The Bertz CT molecular complexity index is 627. The lowest BCUT2D eigenvalue weighted by Crippen LogP contribution is -2.52. The molecule has 1 N–H and O–H groups in total. The van der Waals surface area contributed by atoms with Gasteiger partial charge in [0.1, 0.15) is 0 Å². The third-order valence-electron chi connectivity index (χ3n) is 5.86. The maximum Gasteiger partial charge on any atom is 0.251 e. The van der Waals surface area contributed by atoms with Crippen molar-refractivity contribution in [2.75, 3.05) is 27.2 Å². The van der Waals surface area contributed by atoms with E-state index in [1.807, 2.05) is 31.3 Å². The Labute approximate surface area is 156 Å². The molecule has 1 aromatic carbocycles. The molecule has 1 saturated carbocycles. The SMILES string of the molecule is CNC(=O)c1ccc(CN(C)CC(=O)N2CCCC3CCCCC32)cc1. The summed E-state index contributed by atoms with van der Waals surface area (Å²) in [4.78, 5) is 28.7. The zero-order valence-electron chi connectivity index (χ0n) is 16.0. The van der Waals surface area contributed by atoms with E-state index in [2.05, 4.69) is 15.1 Å². The molecule has 142 valence electrons. The normalized spacial score (nSPS) is 22.8. The molecule has 1 aromatic rings. The van der Waals surface area contributed by atoms with E-state index in [9.17, 15) is 9.59 Å². The number of carbonyl (C=O) groups excluding carboxylic acids is 2. The summed E-state index contributed by atoms with van der Waals surface area (Å²) in [6, 6.07) is 8.07. The van der Waals surface area contributed by atoms with E-state index in [1.54, 1.807) is 7.05 Å². The van der Waals surface area contributed by atoms with Crippen LogP contribution < -0.4 is 5.32 Å². The Balaban J connectivity index is 1.54. The Kier molecular flexibility index (Phi) is 6.30. The van der Waals surface area contributed by atoms with Crippen molar-refractivity contribution in [3.8, 4) is 0 Å². The molecular weight excluding hydrogens is 326 g/mol. The van der Waals surface area contributed by atoms with Gasteiger partial charge < -0.3 is 10.2 Å². The number of amides is 2. The molecule has 2 atom stereocenters. The highest BCUT2D eigenvalue weighted by Gasteiger charge is 2.35. The molecule has 0 bridgehead atoms. The predicted molar refractivity (Wildman–Crippen MR) is 103 cm³/mol. The number of fused-ring (bicyclic) bond motifs is 1. The number of nitrogens with zero attached hydrogens (tertiary/aromatic N) is 2. The van der Waals surface area contributed by atoms with Crippen LogP contribution in [0.1, 0.15) is 54.4 Å². The highest BCUT2D eigenvalue weighted by molar-refractivity contribution is 5.93. The number of likely N-dealkylation sites (tertiary alicyclic amines) is 1. The first-order valence-electron chi connectivity index (χ1n) is 9.87. The lowest BCUT2D eigenvalue weighted by molar-refractivity contribution is -0.138. The third-order valence-corrected chi connectivity index (χ3v) is 5.86. The molecule has 2 aliphatic rings. The van der Waals surface area contributed by atoms with Crippen LogP contribution >= 0.6 is 0 Å². The second-order valence-electron chi connectivity index (χ2n) is 7.79. The highest BCUT2D eigenvalue weighted by atomic mass is 16.2.